The number of fused-ring (bicyclic) bond motifs is 3. The molecule has 0 aliphatic heterocycles. The van der Waals surface area contributed by atoms with Crippen LogP contribution in [0.2, 0.25) is 0 Å². The molecule has 19 heavy (non-hydrogen) atoms. The van der Waals surface area contributed by atoms with E-state index in [0.717, 1.165) is 16.1 Å². The third-order valence-electron chi connectivity index (χ3n) is 3.21. The summed E-state index contributed by atoms with van der Waals surface area (Å²) in [5.74, 6) is 0. The lowest BCUT2D eigenvalue weighted by Gasteiger charge is -2.01. The first-order valence-corrected chi connectivity index (χ1v) is 6.93. The van der Waals surface area contributed by atoms with Crippen molar-refractivity contribution in [2.24, 2.45) is 0 Å². The average molecular weight is 262 g/mol. The largest absolute Gasteiger partial charge is 0.255 e. The van der Waals surface area contributed by atoms with E-state index in [1.807, 2.05) is 36.7 Å². The topological polar surface area (TPSA) is 25.8 Å². The third kappa shape index (κ3) is 1.63. The van der Waals surface area contributed by atoms with Gasteiger partial charge in [-0.25, -0.2) is 4.98 Å². The Morgan fingerprint density at radius 3 is 2.53 bits per heavy atom. The van der Waals surface area contributed by atoms with Crippen LogP contribution in [-0.2, 0) is 0 Å². The van der Waals surface area contributed by atoms with E-state index in [9.17, 15) is 0 Å². The van der Waals surface area contributed by atoms with Crippen LogP contribution in [0.3, 0.4) is 0 Å². The minimum Gasteiger partial charge on any atom is -0.255 e. The molecule has 90 valence electrons. The summed E-state index contributed by atoms with van der Waals surface area (Å²) in [6.07, 6.45) is 3.72. The summed E-state index contributed by atoms with van der Waals surface area (Å²) < 4.78 is 1.21. The van der Waals surface area contributed by atoms with E-state index in [2.05, 4.69) is 34.2 Å². The lowest BCUT2D eigenvalue weighted by molar-refractivity contribution is 1.37. The van der Waals surface area contributed by atoms with Gasteiger partial charge >= 0.3 is 0 Å². The molecule has 0 unspecified atom stereocenters. The van der Waals surface area contributed by atoms with Crippen molar-refractivity contribution in [2.75, 3.05) is 0 Å². The highest BCUT2D eigenvalue weighted by atomic mass is 32.1. The van der Waals surface area contributed by atoms with Crippen molar-refractivity contribution in [1.29, 1.82) is 0 Å². The summed E-state index contributed by atoms with van der Waals surface area (Å²) in [6, 6.07) is 16.5. The zero-order chi connectivity index (χ0) is 12.7. The molecule has 0 saturated heterocycles. The molecule has 4 aromatic rings. The van der Waals surface area contributed by atoms with E-state index in [1.165, 1.54) is 15.5 Å². The quantitative estimate of drug-likeness (QED) is 0.504. The van der Waals surface area contributed by atoms with Crippen molar-refractivity contribution in [3.05, 3.63) is 60.9 Å². The first-order valence-electron chi connectivity index (χ1n) is 6.11. The number of rotatable bonds is 1. The van der Waals surface area contributed by atoms with E-state index >= 15 is 0 Å². The standard InChI is InChI=1S/C16H10N2S/c1-2-5-11(6-3-1)14-15-12(8-10-17-14)13-7-4-9-18-16(13)19-15/h1-10H. The lowest BCUT2D eigenvalue weighted by Crippen LogP contribution is -1.82. The van der Waals surface area contributed by atoms with Crippen molar-refractivity contribution in [3.8, 4) is 11.3 Å². The second-order valence-electron chi connectivity index (χ2n) is 4.36. The van der Waals surface area contributed by atoms with Gasteiger partial charge in [-0.05, 0) is 18.2 Å². The minimum atomic E-state index is 1.04. The average Bonchev–Trinajstić information content (AvgIpc) is 2.87. The predicted molar refractivity (Wildman–Crippen MR) is 80.4 cm³/mol. The second-order valence-corrected chi connectivity index (χ2v) is 5.36. The van der Waals surface area contributed by atoms with Gasteiger partial charge in [-0.15, -0.1) is 11.3 Å². The fraction of sp³-hybridized carbons (Fsp3) is 0. The highest BCUT2D eigenvalue weighted by Gasteiger charge is 2.11. The van der Waals surface area contributed by atoms with E-state index in [-0.39, 0.29) is 0 Å². The monoisotopic (exact) mass is 262 g/mol. The number of aromatic nitrogens is 2. The molecule has 0 atom stereocenters. The molecule has 0 spiro atoms. The molecule has 0 N–H and O–H groups in total. The molecular formula is C16H10N2S. The molecule has 0 saturated carbocycles. The highest BCUT2D eigenvalue weighted by Crippen LogP contribution is 2.37. The van der Waals surface area contributed by atoms with Gasteiger partial charge in [0.05, 0.1) is 10.4 Å². The maximum absolute atomic E-state index is 4.56. The van der Waals surface area contributed by atoms with Crippen LogP contribution >= 0.6 is 11.3 Å². The smallest absolute Gasteiger partial charge is 0.124 e. The molecule has 0 bridgehead atoms. The minimum absolute atomic E-state index is 1.04. The molecular weight excluding hydrogens is 252 g/mol. The molecule has 1 aromatic carbocycles. The van der Waals surface area contributed by atoms with Gasteiger partial charge in [-0.3, -0.25) is 4.98 Å². The van der Waals surface area contributed by atoms with E-state index in [0.29, 0.717) is 0 Å². The van der Waals surface area contributed by atoms with Crippen LogP contribution in [0.25, 0.3) is 31.6 Å². The highest BCUT2D eigenvalue weighted by molar-refractivity contribution is 7.25. The molecule has 3 aromatic heterocycles. The van der Waals surface area contributed by atoms with Gasteiger partial charge < -0.3 is 0 Å². The Labute approximate surface area is 114 Å². The molecule has 2 nitrogen and oxygen atoms in total. The maximum Gasteiger partial charge on any atom is 0.124 e. The first kappa shape index (κ1) is 10.6. The zero-order valence-corrected chi connectivity index (χ0v) is 10.9. The molecule has 3 heteroatoms. The van der Waals surface area contributed by atoms with E-state index < -0.39 is 0 Å². The number of nitrogens with zero attached hydrogens (tertiary/aromatic N) is 2. The number of thiophene rings is 1. The molecule has 4 rings (SSSR count). The number of pyridine rings is 2. The summed E-state index contributed by atoms with van der Waals surface area (Å²) in [7, 11) is 0. The van der Waals surface area contributed by atoms with Crippen molar-refractivity contribution in [3.63, 3.8) is 0 Å². The second kappa shape index (κ2) is 4.14. The summed E-state index contributed by atoms with van der Waals surface area (Å²) in [5.41, 5.74) is 2.20. The van der Waals surface area contributed by atoms with Crippen LogP contribution in [0.5, 0.6) is 0 Å². The number of hydrogen-bond donors (Lipinski definition) is 0. The van der Waals surface area contributed by atoms with Crippen LogP contribution in [0.1, 0.15) is 0 Å². The zero-order valence-electron chi connectivity index (χ0n) is 10.1. The Morgan fingerprint density at radius 1 is 0.737 bits per heavy atom. The van der Waals surface area contributed by atoms with Crippen molar-refractivity contribution < 1.29 is 0 Å². The van der Waals surface area contributed by atoms with Gasteiger partial charge in [0.2, 0.25) is 0 Å². The molecule has 3 heterocycles. The number of hydrogen-bond acceptors (Lipinski definition) is 3. The van der Waals surface area contributed by atoms with Crippen molar-refractivity contribution in [1.82, 2.24) is 9.97 Å². The molecule has 0 aliphatic carbocycles. The Morgan fingerprint density at radius 2 is 1.63 bits per heavy atom. The van der Waals surface area contributed by atoms with Crippen molar-refractivity contribution >= 4 is 31.6 Å². The van der Waals surface area contributed by atoms with Gasteiger partial charge in [0.25, 0.3) is 0 Å². The van der Waals surface area contributed by atoms with Crippen LogP contribution in [0, 0.1) is 0 Å². The Kier molecular flexibility index (Phi) is 2.32. The van der Waals surface area contributed by atoms with Gasteiger partial charge in [0.15, 0.2) is 0 Å². The van der Waals surface area contributed by atoms with Gasteiger partial charge in [0, 0.05) is 28.7 Å². The van der Waals surface area contributed by atoms with Crippen LogP contribution in [0.4, 0.5) is 0 Å². The third-order valence-corrected chi connectivity index (χ3v) is 4.35. The van der Waals surface area contributed by atoms with Gasteiger partial charge in [0.1, 0.15) is 4.83 Å². The predicted octanol–water partition coefficient (Wildman–Crippen LogP) is 4.51. The van der Waals surface area contributed by atoms with E-state index in [1.54, 1.807) is 11.3 Å². The fourth-order valence-corrected chi connectivity index (χ4v) is 3.49. The SMILES string of the molecule is c1ccc(-c2nccc3c2sc2ncccc23)cc1. The molecule has 0 radical (unpaired) electrons. The summed E-state index contributed by atoms with van der Waals surface area (Å²) in [5, 5.41) is 2.45. The molecule has 0 amide bonds. The summed E-state index contributed by atoms with van der Waals surface area (Å²) in [4.78, 5) is 10.1. The molecule has 0 fully saturated rings. The summed E-state index contributed by atoms with van der Waals surface area (Å²) >= 11 is 1.71. The maximum atomic E-state index is 4.56. The summed E-state index contributed by atoms with van der Waals surface area (Å²) in [6.45, 7) is 0. The number of benzene rings is 1. The Hall–Kier alpha value is -2.26. The van der Waals surface area contributed by atoms with Crippen LogP contribution < -0.4 is 0 Å². The van der Waals surface area contributed by atoms with Gasteiger partial charge in [-0.2, -0.15) is 0 Å². The first-order chi connectivity index (χ1) is 9.43. The Bertz CT molecular complexity index is 866. The Balaban J connectivity index is 2.13. The van der Waals surface area contributed by atoms with Crippen LogP contribution in [-0.4, -0.2) is 9.97 Å². The van der Waals surface area contributed by atoms with Gasteiger partial charge in [-0.1, -0.05) is 30.3 Å². The lowest BCUT2D eigenvalue weighted by atomic mass is 10.1. The fourth-order valence-electron chi connectivity index (χ4n) is 2.34. The van der Waals surface area contributed by atoms with Crippen molar-refractivity contribution in [2.45, 2.75) is 0 Å². The van der Waals surface area contributed by atoms with Crippen LogP contribution in [0.15, 0.2) is 60.9 Å². The van der Waals surface area contributed by atoms with E-state index in [4.69, 9.17) is 0 Å². The normalized spacial score (nSPS) is 11.2. The molecule has 0 aliphatic rings.